The predicted molar refractivity (Wildman–Crippen MR) is 53.3 cm³/mol. The highest BCUT2D eigenvalue weighted by atomic mass is 16.5. The van der Waals surface area contributed by atoms with E-state index in [9.17, 15) is 0 Å². The molecule has 1 aromatic carbocycles. The molecule has 0 aliphatic rings. The molecule has 13 heavy (non-hydrogen) atoms. The maximum absolute atomic E-state index is 5.62. The minimum Gasteiger partial charge on any atom is -0.489 e. The van der Waals surface area contributed by atoms with Crippen molar-refractivity contribution in [3.05, 3.63) is 30.3 Å². The quantitative estimate of drug-likeness (QED) is 0.542. The molecule has 72 valence electrons. The molecule has 0 unspecified atom stereocenters. The summed E-state index contributed by atoms with van der Waals surface area (Å²) >= 11 is 0. The van der Waals surface area contributed by atoms with Crippen LogP contribution in [0.1, 0.15) is 13.8 Å². The van der Waals surface area contributed by atoms with E-state index < -0.39 is 0 Å². The molecule has 1 rings (SSSR count). The molecular formula is C10H16N2O. The number of para-hydroxylation sites is 1. The summed E-state index contributed by atoms with van der Waals surface area (Å²) in [6, 6.07) is 9.85. The Morgan fingerprint density at radius 1 is 1.23 bits per heavy atom. The Kier molecular flexibility index (Phi) is 3.73. The Hall–Kier alpha value is -1.06. The zero-order chi connectivity index (χ0) is 9.68. The van der Waals surface area contributed by atoms with Crippen molar-refractivity contribution in [2.45, 2.75) is 26.0 Å². The molecule has 3 heteroatoms. The number of nitrogens with two attached hydrogens (primary N) is 1. The monoisotopic (exact) mass is 180 g/mol. The highest BCUT2D eigenvalue weighted by molar-refractivity contribution is 5.21. The number of ether oxygens (including phenoxy) is 1. The van der Waals surface area contributed by atoms with Gasteiger partial charge in [-0.1, -0.05) is 18.2 Å². The molecule has 0 aromatic heterocycles. The van der Waals surface area contributed by atoms with E-state index in [1.165, 1.54) is 0 Å². The second-order valence-corrected chi connectivity index (χ2v) is 3.09. The largest absolute Gasteiger partial charge is 0.489 e. The average molecular weight is 180 g/mol. The van der Waals surface area contributed by atoms with Crippen LogP contribution in [0.15, 0.2) is 30.3 Å². The van der Waals surface area contributed by atoms with Gasteiger partial charge in [0, 0.05) is 0 Å². The summed E-state index contributed by atoms with van der Waals surface area (Å²) < 4.78 is 5.62. The van der Waals surface area contributed by atoms with Crippen molar-refractivity contribution >= 4 is 0 Å². The summed E-state index contributed by atoms with van der Waals surface area (Å²) in [5.74, 6) is 6.17. The summed E-state index contributed by atoms with van der Waals surface area (Å²) in [7, 11) is 0. The molecule has 0 bridgehead atoms. The summed E-state index contributed by atoms with van der Waals surface area (Å²) in [4.78, 5) is 0. The Labute approximate surface area is 78.9 Å². The third-order valence-corrected chi connectivity index (χ3v) is 2.03. The summed E-state index contributed by atoms with van der Waals surface area (Å²) in [5, 5.41) is 0. The molecular weight excluding hydrogens is 164 g/mol. The molecule has 0 spiro atoms. The van der Waals surface area contributed by atoms with Gasteiger partial charge in [0.25, 0.3) is 0 Å². The van der Waals surface area contributed by atoms with Gasteiger partial charge in [0.05, 0.1) is 6.04 Å². The van der Waals surface area contributed by atoms with Gasteiger partial charge in [-0.25, -0.2) is 0 Å². The molecule has 1 aromatic rings. The van der Waals surface area contributed by atoms with Gasteiger partial charge in [0.1, 0.15) is 11.9 Å². The highest BCUT2D eigenvalue weighted by Crippen LogP contribution is 2.11. The molecule has 0 aliphatic heterocycles. The molecule has 0 amide bonds. The van der Waals surface area contributed by atoms with E-state index in [-0.39, 0.29) is 12.1 Å². The van der Waals surface area contributed by atoms with Crippen LogP contribution in [0, 0.1) is 0 Å². The van der Waals surface area contributed by atoms with Gasteiger partial charge in [-0.05, 0) is 26.0 Å². The standard InChI is InChI=1S/C10H16N2O/c1-8(12-11)9(2)13-10-6-4-3-5-7-10/h3-9,12H,11H2,1-2H3/t8-,9-/m0/s1. The Bertz CT molecular complexity index is 238. The predicted octanol–water partition coefficient (Wildman–Crippen LogP) is 1.31. The Morgan fingerprint density at radius 3 is 2.38 bits per heavy atom. The summed E-state index contributed by atoms with van der Waals surface area (Å²) in [5.41, 5.74) is 2.66. The van der Waals surface area contributed by atoms with Crippen LogP contribution >= 0.6 is 0 Å². The minimum absolute atomic E-state index is 0.0624. The maximum Gasteiger partial charge on any atom is 0.119 e. The zero-order valence-corrected chi connectivity index (χ0v) is 8.03. The second kappa shape index (κ2) is 4.84. The third-order valence-electron chi connectivity index (χ3n) is 2.03. The van der Waals surface area contributed by atoms with Crippen molar-refractivity contribution in [1.29, 1.82) is 0 Å². The van der Waals surface area contributed by atoms with Crippen LogP contribution in [0.3, 0.4) is 0 Å². The number of nitrogens with one attached hydrogen (secondary N) is 1. The Balaban J connectivity index is 2.50. The lowest BCUT2D eigenvalue weighted by atomic mass is 10.2. The van der Waals surface area contributed by atoms with Gasteiger partial charge in [-0.3, -0.25) is 11.3 Å². The van der Waals surface area contributed by atoms with Crippen molar-refractivity contribution in [3.63, 3.8) is 0 Å². The number of hydrogen-bond acceptors (Lipinski definition) is 3. The molecule has 3 nitrogen and oxygen atoms in total. The lowest BCUT2D eigenvalue weighted by molar-refractivity contribution is 0.178. The molecule has 0 heterocycles. The van der Waals surface area contributed by atoms with Crippen molar-refractivity contribution < 1.29 is 4.74 Å². The summed E-state index contributed by atoms with van der Waals surface area (Å²) in [6.07, 6.45) is 0.0624. The van der Waals surface area contributed by atoms with E-state index in [1.54, 1.807) is 0 Å². The van der Waals surface area contributed by atoms with Crippen molar-refractivity contribution in [3.8, 4) is 5.75 Å². The second-order valence-electron chi connectivity index (χ2n) is 3.09. The summed E-state index contributed by atoms with van der Waals surface area (Å²) in [6.45, 7) is 3.96. The SMILES string of the molecule is C[C@H](NN)[C@H](C)Oc1ccccc1. The molecule has 0 saturated heterocycles. The fourth-order valence-electron chi connectivity index (χ4n) is 0.951. The lowest BCUT2D eigenvalue weighted by Crippen LogP contribution is -2.42. The van der Waals surface area contributed by atoms with E-state index in [4.69, 9.17) is 10.6 Å². The van der Waals surface area contributed by atoms with Crippen LogP contribution in [0.25, 0.3) is 0 Å². The van der Waals surface area contributed by atoms with E-state index in [0.29, 0.717) is 0 Å². The smallest absolute Gasteiger partial charge is 0.119 e. The number of hydrazine groups is 1. The van der Waals surface area contributed by atoms with Crippen molar-refractivity contribution in [1.82, 2.24) is 5.43 Å². The average Bonchev–Trinajstić information content (AvgIpc) is 2.18. The van der Waals surface area contributed by atoms with Gasteiger partial charge >= 0.3 is 0 Å². The van der Waals surface area contributed by atoms with E-state index in [0.717, 1.165) is 5.75 Å². The third kappa shape index (κ3) is 3.05. The topological polar surface area (TPSA) is 47.3 Å². The van der Waals surface area contributed by atoms with E-state index >= 15 is 0 Å². The molecule has 0 fully saturated rings. The number of hydrogen-bond donors (Lipinski definition) is 2. The number of benzene rings is 1. The maximum atomic E-state index is 5.62. The molecule has 0 radical (unpaired) electrons. The van der Waals surface area contributed by atoms with Gasteiger partial charge in [-0.2, -0.15) is 0 Å². The first-order valence-corrected chi connectivity index (χ1v) is 4.42. The van der Waals surface area contributed by atoms with Crippen molar-refractivity contribution in [2.24, 2.45) is 5.84 Å². The van der Waals surface area contributed by atoms with Crippen LogP contribution in [0.4, 0.5) is 0 Å². The van der Waals surface area contributed by atoms with Gasteiger partial charge < -0.3 is 4.74 Å². The van der Waals surface area contributed by atoms with Gasteiger partial charge in [0.15, 0.2) is 0 Å². The molecule has 0 saturated carbocycles. The van der Waals surface area contributed by atoms with Crippen LogP contribution in [0.5, 0.6) is 5.75 Å². The first-order valence-electron chi connectivity index (χ1n) is 4.42. The van der Waals surface area contributed by atoms with Gasteiger partial charge in [0.2, 0.25) is 0 Å². The van der Waals surface area contributed by atoms with Crippen LogP contribution in [-0.4, -0.2) is 12.1 Å². The minimum atomic E-state index is 0.0624. The van der Waals surface area contributed by atoms with E-state index in [1.807, 2.05) is 44.2 Å². The molecule has 0 aliphatic carbocycles. The first kappa shape index (κ1) is 10.0. The first-order chi connectivity index (χ1) is 6.24. The van der Waals surface area contributed by atoms with Crippen LogP contribution < -0.4 is 16.0 Å². The molecule has 2 atom stereocenters. The zero-order valence-electron chi connectivity index (χ0n) is 8.03. The van der Waals surface area contributed by atoms with Crippen LogP contribution in [0.2, 0.25) is 0 Å². The fraction of sp³-hybridized carbons (Fsp3) is 0.400. The molecule has 3 N–H and O–H groups in total. The fourth-order valence-corrected chi connectivity index (χ4v) is 0.951. The van der Waals surface area contributed by atoms with Crippen LogP contribution in [-0.2, 0) is 0 Å². The van der Waals surface area contributed by atoms with Gasteiger partial charge in [-0.15, -0.1) is 0 Å². The highest BCUT2D eigenvalue weighted by Gasteiger charge is 2.10. The van der Waals surface area contributed by atoms with Crippen molar-refractivity contribution in [2.75, 3.05) is 0 Å². The van der Waals surface area contributed by atoms with E-state index in [2.05, 4.69) is 5.43 Å². The normalized spacial score (nSPS) is 15.0. The Morgan fingerprint density at radius 2 is 1.85 bits per heavy atom. The lowest BCUT2D eigenvalue weighted by Gasteiger charge is -2.20. The number of rotatable bonds is 4.